The third kappa shape index (κ3) is 1.92. The van der Waals surface area contributed by atoms with Crippen LogP contribution in [0.25, 0.3) is 0 Å². The van der Waals surface area contributed by atoms with Crippen molar-refractivity contribution < 1.29 is 4.79 Å². The minimum atomic E-state index is 0.395. The molecular weight excluding hydrogens is 198 g/mol. The topological polar surface area (TPSA) is 46.1 Å². The van der Waals surface area contributed by atoms with E-state index in [1.165, 1.54) is 0 Å². The number of rotatable bonds is 2. The molecule has 1 aromatic rings. The number of hydrogen-bond acceptors (Lipinski definition) is 5. The SMILES string of the molecule is CN(c1nncs1)C1CCC(=O)CC1. The van der Waals surface area contributed by atoms with E-state index in [1.54, 1.807) is 16.8 Å². The lowest BCUT2D eigenvalue weighted by molar-refractivity contribution is -0.120. The molecule has 2 rings (SSSR count). The van der Waals surface area contributed by atoms with Crippen molar-refractivity contribution in [2.75, 3.05) is 11.9 Å². The molecule has 0 aromatic carbocycles. The van der Waals surface area contributed by atoms with Crippen LogP contribution in [-0.4, -0.2) is 29.1 Å². The second-order valence-electron chi connectivity index (χ2n) is 3.60. The molecule has 1 heterocycles. The highest BCUT2D eigenvalue weighted by Crippen LogP contribution is 2.25. The smallest absolute Gasteiger partial charge is 0.208 e. The van der Waals surface area contributed by atoms with Gasteiger partial charge in [0.1, 0.15) is 11.3 Å². The van der Waals surface area contributed by atoms with Crippen LogP contribution in [0.2, 0.25) is 0 Å². The number of anilines is 1. The summed E-state index contributed by atoms with van der Waals surface area (Å²) in [6, 6.07) is 0.459. The maximum absolute atomic E-state index is 11.1. The second kappa shape index (κ2) is 4.04. The van der Waals surface area contributed by atoms with E-state index in [-0.39, 0.29) is 0 Å². The van der Waals surface area contributed by atoms with E-state index >= 15 is 0 Å². The predicted octanol–water partition coefficient (Wildman–Crippen LogP) is 1.49. The number of hydrogen-bond donors (Lipinski definition) is 0. The molecule has 0 unspecified atom stereocenters. The van der Waals surface area contributed by atoms with Gasteiger partial charge in [0.2, 0.25) is 5.13 Å². The molecule has 1 aliphatic rings. The highest BCUT2D eigenvalue weighted by atomic mass is 32.1. The van der Waals surface area contributed by atoms with E-state index in [0.29, 0.717) is 24.7 Å². The Labute approximate surface area is 86.9 Å². The minimum absolute atomic E-state index is 0.395. The highest BCUT2D eigenvalue weighted by Gasteiger charge is 2.23. The van der Waals surface area contributed by atoms with Crippen molar-refractivity contribution in [2.45, 2.75) is 31.7 Å². The molecule has 1 saturated carbocycles. The van der Waals surface area contributed by atoms with Crippen LogP contribution < -0.4 is 4.90 Å². The van der Waals surface area contributed by atoms with Gasteiger partial charge in [-0.15, -0.1) is 10.2 Å². The number of nitrogens with zero attached hydrogens (tertiary/aromatic N) is 3. The van der Waals surface area contributed by atoms with E-state index in [0.717, 1.165) is 18.0 Å². The molecule has 5 heteroatoms. The van der Waals surface area contributed by atoms with Crippen molar-refractivity contribution in [3.63, 3.8) is 0 Å². The minimum Gasteiger partial charge on any atom is -0.347 e. The molecule has 0 amide bonds. The van der Waals surface area contributed by atoms with Gasteiger partial charge in [-0.1, -0.05) is 11.3 Å². The van der Waals surface area contributed by atoms with Crippen molar-refractivity contribution in [1.82, 2.24) is 10.2 Å². The van der Waals surface area contributed by atoms with Crippen LogP contribution in [0.15, 0.2) is 5.51 Å². The molecule has 0 bridgehead atoms. The summed E-state index contributed by atoms with van der Waals surface area (Å²) >= 11 is 1.54. The third-order valence-electron chi connectivity index (χ3n) is 2.71. The first-order chi connectivity index (χ1) is 6.77. The molecule has 0 aliphatic heterocycles. The van der Waals surface area contributed by atoms with E-state index in [4.69, 9.17) is 0 Å². The quantitative estimate of drug-likeness (QED) is 0.743. The van der Waals surface area contributed by atoms with Gasteiger partial charge < -0.3 is 4.90 Å². The number of carbonyl (C=O) groups is 1. The van der Waals surface area contributed by atoms with Gasteiger partial charge >= 0.3 is 0 Å². The number of Topliss-reactive ketones (excluding diaryl/α,β-unsaturated/α-hetero) is 1. The van der Waals surface area contributed by atoms with Crippen LogP contribution in [0.1, 0.15) is 25.7 Å². The lowest BCUT2D eigenvalue weighted by Crippen LogP contribution is -2.35. The summed E-state index contributed by atoms with van der Waals surface area (Å²) in [6.07, 6.45) is 3.34. The Hall–Kier alpha value is -0.970. The molecular formula is C9H13N3OS. The predicted molar refractivity (Wildman–Crippen MR) is 55.6 cm³/mol. The van der Waals surface area contributed by atoms with Crippen molar-refractivity contribution >= 4 is 22.3 Å². The van der Waals surface area contributed by atoms with Crippen LogP contribution in [0.3, 0.4) is 0 Å². The molecule has 4 nitrogen and oxygen atoms in total. The fraction of sp³-hybridized carbons (Fsp3) is 0.667. The van der Waals surface area contributed by atoms with Crippen molar-refractivity contribution in [1.29, 1.82) is 0 Å². The summed E-state index contributed by atoms with van der Waals surface area (Å²) in [7, 11) is 2.03. The van der Waals surface area contributed by atoms with Crippen molar-refractivity contribution in [3.05, 3.63) is 5.51 Å². The molecule has 0 radical (unpaired) electrons. The van der Waals surface area contributed by atoms with Gasteiger partial charge in [0.05, 0.1) is 0 Å². The Morgan fingerprint density at radius 1 is 1.50 bits per heavy atom. The molecule has 1 fully saturated rings. The van der Waals surface area contributed by atoms with Crippen LogP contribution in [0.5, 0.6) is 0 Å². The maximum atomic E-state index is 11.1. The second-order valence-corrected chi connectivity index (χ2v) is 4.41. The Bertz CT molecular complexity index is 302. The van der Waals surface area contributed by atoms with Crippen LogP contribution >= 0.6 is 11.3 Å². The molecule has 14 heavy (non-hydrogen) atoms. The molecule has 0 saturated heterocycles. The van der Waals surface area contributed by atoms with Crippen LogP contribution in [0, 0.1) is 0 Å². The molecule has 1 aromatic heterocycles. The van der Waals surface area contributed by atoms with Gasteiger partial charge in [-0.3, -0.25) is 4.79 Å². The Balaban J connectivity index is 1.99. The largest absolute Gasteiger partial charge is 0.347 e. The average molecular weight is 211 g/mol. The zero-order chi connectivity index (χ0) is 9.97. The Morgan fingerprint density at radius 3 is 2.79 bits per heavy atom. The Kier molecular flexibility index (Phi) is 2.77. The molecule has 0 atom stereocenters. The summed E-state index contributed by atoms with van der Waals surface area (Å²) in [5.41, 5.74) is 1.74. The summed E-state index contributed by atoms with van der Waals surface area (Å²) in [6.45, 7) is 0. The van der Waals surface area contributed by atoms with E-state index < -0.39 is 0 Å². The van der Waals surface area contributed by atoms with Gasteiger partial charge in [0, 0.05) is 25.9 Å². The standard InChI is InChI=1S/C9H13N3OS/c1-12(9-11-10-6-14-9)7-2-4-8(13)5-3-7/h6-7H,2-5H2,1H3. The number of carbonyl (C=O) groups excluding carboxylic acids is 1. The highest BCUT2D eigenvalue weighted by molar-refractivity contribution is 7.13. The maximum Gasteiger partial charge on any atom is 0.208 e. The van der Waals surface area contributed by atoms with Gasteiger partial charge in [-0.25, -0.2) is 0 Å². The summed E-state index contributed by atoms with van der Waals surface area (Å²) < 4.78 is 0. The van der Waals surface area contributed by atoms with Crippen molar-refractivity contribution in [2.24, 2.45) is 0 Å². The lowest BCUT2D eigenvalue weighted by Gasteiger charge is -2.29. The number of ketones is 1. The Morgan fingerprint density at radius 2 is 2.21 bits per heavy atom. The molecule has 0 N–H and O–H groups in total. The fourth-order valence-corrected chi connectivity index (χ4v) is 2.39. The normalized spacial score (nSPS) is 18.5. The van der Waals surface area contributed by atoms with E-state index in [1.807, 2.05) is 7.05 Å². The van der Waals surface area contributed by atoms with Gasteiger partial charge in [0.25, 0.3) is 0 Å². The average Bonchev–Trinajstić information content (AvgIpc) is 2.71. The van der Waals surface area contributed by atoms with Crippen LogP contribution in [-0.2, 0) is 4.79 Å². The van der Waals surface area contributed by atoms with Crippen molar-refractivity contribution in [3.8, 4) is 0 Å². The van der Waals surface area contributed by atoms with Gasteiger partial charge in [-0.2, -0.15) is 0 Å². The summed E-state index contributed by atoms with van der Waals surface area (Å²) in [5.74, 6) is 0.395. The zero-order valence-electron chi connectivity index (χ0n) is 8.14. The first-order valence-electron chi connectivity index (χ1n) is 4.78. The van der Waals surface area contributed by atoms with Crippen LogP contribution in [0.4, 0.5) is 5.13 Å². The zero-order valence-corrected chi connectivity index (χ0v) is 8.96. The molecule has 76 valence electrons. The van der Waals surface area contributed by atoms with E-state index in [9.17, 15) is 4.79 Å². The lowest BCUT2D eigenvalue weighted by atomic mass is 9.94. The molecule has 0 spiro atoms. The van der Waals surface area contributed by atoms with Gasteiger partial charge in [-0.05, 0) is 12.8 Å². The van der Waals surface area contributed by atoms with E-state index in [2.05, 4.69) is 15.1 Å². The number of aromatic nitrogens is 2. The monoisotopic (exact) mass is 211 g/mol. The molecule has 1 aliphatic carbocycles. The third-order valence-corrected chi connectivity index (χ3v) is 3.49. The fourth-order valence-electron chi connectivity index (χ4n) is 1.79. The first-order valence-corrected chi connectivity index (χ1v) is 5.66. The first kappa shape index (κ1) is 9.58. The summed E-state index contributed by atoms with van der Waals surface area (Å²) in [5, 5.41) is 8.78. The summed E-state index contributed by atoms with van der Waals surface area (Å²) in [4.78, 5) is 13.2. The van der Waals surface area contributed by atoms with Gasteiger partial charge in [0.15, 0.2) is 0 Å².